The van der Waals surface area contributed by atoms with E-state index in [1.54, 1.807) is 48.0 Å². The van der Waals surface area contributed by atoms with E-state index in [1.165, 1.54) is 22.2 Å². The summed E-state index contributed by atoms with van der Waals surface area (Å²) in [5, 5.41) is 9.41. The van der Waals surface area contributed by atoms with Crippen LogP contribution in [0.4, 0.5) is 16.3 Å². The summed E-state index contributed by atoms with van der Waals surface area (Å²) < 4.78 is 1.49. The topological polar surface area (TPSA) is 127 Å². The van der Waals surface area contributed by atoms with Crippen LogP contribution in [0.15, 0.2) is 59.1 Å². The Morgan fingerprint density at radius 1 is 1.17 bits per heavy atom. The van der Waals surface area contributed by atoms with Gasteiger partial charge in [-0.15, -0.1) is 11.3 Å². The molecule has 1 unspecified atom stereocenters. The fourth-order valence-electron chi connectivity index (χ4n) is 3.87. The minimum atomic E-state index is -0.458. The molecule has 0 radical (unpaired) electrons. The highest BCUT2D eigenvalue weighted by atomic mass is 35.5. The highest BCUT2D eigenvalue weighted by Gasteiger charge is 2.21. The second-order valence-electron chi connectivity index (χ2n) is 7.87. The zero-order chi connectivity index (χ0) is 25.2. The van der Waals surface area contributed by atoms with Gasteiger partial charge in [0.15, 0.2) is 5.82 Å². The first kappa shape index (κ1) is 23.6. The smallest absolute Gasteiger partial charge is 0.319 e. The van der Waals surface area contributed by atoms with Gasteiger partial charge >= 0.3 is 6.03 Å². The molecule has 182 valence electrons. The van der Waals surface area contributed by atoms with Crippen LogP contribution in [0, 0.1) is 0 Å². The fourth-order valence-corrected chi connectivity index (χ4v) is 4.75. The van der Waals surface area contributed by atoms with Crippen molar-refractivity contribution < 1.29 is 4.79 Å². The van der Waals surface area contributed by atoms with Crippen molar-refractivity contribution in [3.63, 3.8) is 0 Å². The van der Waals surface area contributed by atoms with E-state index in [4.69, 9.17) is 16.6 Å². The molecule has 2 aromatic carbocycles. The van der Waals surface area contributed by atoms with Gasteiger partial charge in [0, 0.05) is 12.2 Å². The standard InChI is InChI=1S/C24H21ClN8O2S/c1-3-26-24(35)31-14-6-4-7-15(10-14)33-21(32-17-9-5-8-16(25)18(17)23(33)34)13(2)30-20-19-22(28-11-27-20)36-12-29-19/h4-13H,3H2,1-2H3,(H2,26,31,35)(H,27,28,30). The summed E-state index contributed by atoms with van der Waals surface area (Å²) in [6, 6.07) is 11.3. The van der Waals surface area contributed by atoms with Gasteiger partial charge in [-0.1, -0.05) is 23.7 Å². The van der Waals surface area contributed by atoms with Crippen molar-refractivity contribution in [3.05, 3.63) is 75.5 Å². The third kappa shape index (κ3) is 4.45. The Balaban J connectivity index is 1.65. The second kappa shape index (κ2) is 9.88. The zero-order valence-electron chi connectivity index (χ0n) is 19.3. The minimum Gasteiger partial charge on any atom is -0.358 e. The number of halogens is 1. The molecule has 0 aliphatic rings. The highest BCUT2D eigenvalue weighted by molar-refractivity contribution is 7.16. The van der Waals surface area contributed by atoms with Crippen LogP contribution in [0.5, 0.6) is 0 Å². The number of nitrogens with one attached hydrogen (secondary N) is 3. The SMILES string of the molecule is CCNC(=O)Nc1cccc(-n2c(C(C)Nc3ncnc4scnc34)nc3cccc(Cl)c3c2=O)c1. The van der Waals surface area contributed by atoms with Gasteiger partial charge in [0.1, 0.15) is 22.5 Å². The lowest BCUT2D eigenvalue weighted by Crippen LogP contribution is -2.29. The number of anilines is 2. The Morgan fingerprint density at radius 2 is 2.00 bits per heavy atom. The molecule has 3 aromatic heterocycles. The Morgan fingerprint density at radius 3 is 2.83 bits per heavy atom. The Labute approximate surface area is 214 Å². The number of rotatable bonds is 6. The number of benzene rings is 2. The van der Waals surface area contributed by atoms with Crippen molar-refractivity contribution in [2.24, 2.45) is 0 Å². The summed E-state index contributed by atoms with van der Waals surface area (Å²) in [7, 11) is 0. The van der Waals surface area contributed by atoms with Gasteiger partial charge in [0.2, 0.25) is 0 Å². The number of nitrogens with zero attached hydrogens (tertiary/aromatic N) is 5. The summed E-state index contributed by atoms with van der Waals surface area (Å²) in [4.78, 5) is 44.4. The van der Waals surface area contributed by atoms with Gasteiger partial charge in [-0.3, -0.25) is 9.36 Å². The summed E-state index contributed by atoms with van der Waals surface area (Å²) >= 11 is 7.83. The lowest BCUT2D eigenvalue weighted by Gasteiger charge is -2.21. The van der Waals surface area contributed by atoms with Gasteiger partial charge in [-0.25, -0.2) is 24.7 Å². The second-order valence-corrected chi connectivity index (χ2v) is 9.11. The number of hydrogen-bond donors (Lipinski definition) is 3. The van der Waals surface area contributed by atoms with E-state index in [1.807, 2.05) is 13.8 Å². The average Bonchev–Trinajstić information content (AvgIpc) is 3.34. The lowest BCUT2D eigenvalue weighted by molar-refractivity contribution is 0.252. The van der Waals surface area contributed by atoms with Gasteiger partial charge in [0.05, 0.1) is 33.2 Å². The first-order valence-electron chi connectivity index (χ1n) is 11.1. The number of fused-ring (bicyclic) bond motifs is 2. The molecule has 0 saturated heterocycles. The number of urea groups is 1. The van der Waals surface area contributed by atoms with Gasteiger partial charge in [0.25, 0.3) is 5.56 Å². The van der Waals surface area contributed by atoms with E-state index >= 15 is 0 Å². The average molecular weight is 521 g/mol. The number of carbonyl (C=O) groups excluding carboxylic acids is 1. The van der Waals surface area contributed by atoms with Crippen LogP contribution in [0.1, 0.15) is 25.7 Å². The van der Waals surface area contributed by atoms with Crippen molar-refractivity contribution in [1.82, 2.24) is 29.8 Å². The molecule has 0 aliphatic carbocycles. The number of thiazole rings is 1. The third-order valence-electron chi connectivity index (χ3n) is 5.45. The maximum Gasteiger partial charge on any atom is 0.319 e. The predicted molar refractivity (Wildman–Crippen MR) is 142 cm³/mol. The maximum atomic E-state index is 13.8. The van der Waals surface area contributed by atoms with Crippen LogP contribution in [-0.2, 0) is 0 Å². The quantitative estimate of drug-likeness (QED) is 0.295. The van der Waals surface area contributed by atoms with Crippen LogP contribution >= 0.6 is 22.9 Å². The molecule has 0 spiro atoms. The number of carbonyl (C=O) groups is 1. The van der Waals surface area contributed by atoms with Crippen molar-refractivity contribution in [2.75, 3.05) is 17.2 Å². The monoisotopic (exact) mass is 520 g/mol. The van der Waals surface area contributed by atoms with Gasteiger partial charge in [-0.2, -0.15) is 0 Å². The first-order valence-corrected chi connectivity index (χ1v) is 12.4. The maximum absolute atomic E-state index is 13.8. The van der Waals surface area contributed by atoms with E-state index < -0.39 is 6.04 Å². The summed E-state index contributed by atoms with van der Waals surface area (Å²) in [6.07, 6.45) is 1.47. The van der Waals surface area contributed by atoms with Crippen LogP contribution in [0.3, 0.4) is 0 Å². The van der Waals surface area contributed by atoms with Crippen LogP contribution in [0.25, 0.3) is 26.9 Å². The predicted octanol–water partition coefficient (Wildman–Crippen LogP) is 4.75. The van der Waals surface area contributed by atoms with Crippen LogP contribution in [0.2, 0.25) is 5.02 Å². The molecule has 0 saturated carbocycles. The molecule has 36 heavy (non-hydrogen) atoms. The molecule has 3 heterocycles. The van der Waals surface area contributed by atoms with Gasteiger partial charge in [-0.05, 0) is 44.2 Å². The molecular formula is C24H21ClN8O2S. The van der Waals surface area contributed by atoms with Crippen LogP contribution in [-0.4, -0.2) is 37.1 Å². The molecular weight excluding hydrogens is 500 g/mol. The van der Waals surface area contributed by atoms with E-state index in [0.29, 0.717) is 51.0 Å². The van der Waals surface area contributed by atoms with E-state index in [9.17, 15) is 9.59 Å². The van der Waals surface area contributed by atoms with Gasteiger partial charge < -0.3 is 16.0 Å². The molecule has 5 aromatic rings. The molecule has 0 fully saturated rings. The normalized spacial score (nSPS) is 12.0. The summed E-state index contributed by atoms with van der Waals surface area (Å²) in [6.45, 7) is 4.20. The third-order valence-corrected chi connectivity index (χ3v) is 6.50. The molecule has 10 nitrogen and oxygen atoms in total. The van der Waals surface area contributed by atoms with Crippen molar-refractivity contribution in [3.8, 4) is 5.69 Å². The number of hydrogen-bond acceptors (Lipinski definition) is 8. The zero-order valence-corrected chi connectivity index (χ0v) is 20.9. The van der Waals surface area contributed by atoms with E-state index in [-0.39, 0.29) is 11.6 Å². The van der Waals surface area contributed by atoms with E-state index in [0.717, 1.165) is 4.83 Å². The molecule has 0 aliphatic heterocycles. The molecule has 1 atom stereocenters. The molecule has 3 N–H and O–H groups in total. The highest BCUT2D eigenvalue weighted by Crippen LogP contribution is 2.27. The fraction of sp³-hybridized carbons (Fsp3) is 0.167. The molecule has 2 amide bonds. The lowest BCUT2D eigenvalue weighted by atomic mass is 10.2. The largest absolute Gasteiger partial charge is 0.358 e. The first-order chi connectivity index (χ1) is 17.5. The minimum absolute atomic E-state index is 0.307. The summed E-state index contributed by atoms with van der Waals surface area (Å²) in [5.41, 5.74) is 3.54. The molecule has 12 heteroatoms. The summed E-state index contributed by atoms with van der Waals surface area (Å²) in [5.74, 6) is 0.972. The number of aromatic nitrogens is 5. The van der Waals surface area contributed by atoms with Crippen molar-refractivity contribution in [1.29, 1.82) is 0 Å². The van der Waals surface area contributed by atoms with Crippen molar-refractivity contribution in [2.45, 2.75) is 19.9 Å². The Kier molecular flexibility index (Phi) is 6.49. The Bertz CT molecular complexity index is 1650. The molecule has 0 bridgehead atoms. The van der Waals surface area contributed by atoms with Crippen molar-refractivity contribution >= 4 is 61.7 Å². The van der Waals surface area contributed by atoms with E-state index in [2.05, 4.69) is 30.9 Å². The Hall–Kier alpha value is -4.09. The number of amides is 2. The molecule has 5 rings (SSSR count). The van der Waals surface area contributed by atoms with Crippen LogP contribution < -0.4 is 21.5 Å².